The summed E-state index contributed by atoms with van der Waals surface area (Å²) in [6.07, 6.45) is 0. The van der Waals surface area contributed by atoms with Gasteiger partial charge in [0.05, 0.1) is 11.3 Å². The zero-order valence-corrected chi connectivity index (χ0v) is 9.26. The molecule has 0 fully saturated rings. The highest BCUT2D eigenvalue weighted by molar-refractivity contribution is 9.10. The van der Waals surface area contributed by atoms with Crippen LogP contribution in [0.3, 0.4) is 0 Å². The van der Waals surface area contributed by atoms with Crippen molar-refractivity contribution in [3.8, 4) is 0 Å². The van der Waals surface area contributed by atoms with Crippen LogP contribution in [0.15, 0.2) is 16.6 Å². The van der Waals surface area contributed by atoms with Gasteiger partial charge in [-0.3, -0.25) is 4.79 Å². The van der Waals surface area contributed by atoms with Crippen molar-refractivity contribution in [2.45, 2.75) is 6.92 Å². The minimum absolute atomic E-state index is 0.294. The molecule has 0 spiro atoms. The Kier molecular flexibility index (Phi) is 3.41. The van der Waals surface area contributed by atoms with Gasteiger partial charge in [0.2, 0.25) is 5.91 Å². The van der Waals surface area contributed by atoms with Gasteiger partial charge in [-0.2, -0.15) is 0 Å². The first-order valence-electron chi connectivity index (χ1n) is 3.91. The molecule has 80 valence electrons. The monoisotopic (exact) mass is 275 g/mol. The summed E-state index contributed by atoms with van der Waals surface area (Å²) >= 11 is 2.97. The molecular weight excluding hydrogens is 269 g/mol. The van der Waals surface area contributed by atoms with E-state index in [2.05, 4.69) is 21.2 Å². The molecule has 0 saturated carbocycles. The average molecular weight is 276 g/mol. The molecule has 0 saturated heterocycles. The predicted molar refractivity (Wildman–Crippen MR) is 55.4 cm³/mol. The number of halogens is 2. The molecule has 0 aliphatic heterocycles. The number of hydrogen-bond acceptors (Lipinski definition) is 2. The highest BCUT2D eigenvalue weighted by Gasteiger charge is 2.16. The highest BCUT2D eigenvalue weighted by Crippen LogP contribution is 2.25. The lowest BCUT2D eigenvalue weighted by Gasteiger charge is -2.08. The number of carboxylic acid groups (broad SMARTS) is 1. The number of nitrogens with one attached hydrogen (secondary N) is 1. The van der Waals surface area contributed by atoms with Gasteiger partial charge < -0.3 is 10.4 Å². The minimum atomic E-state index is -1.31. The van der Waals surface area contributed by atoms with Crippen molar-refractivity contribution in [2.24, 2.45) is 0 Å². The van der Waals surface area contributed by atoms with Crippen LogP contribution < -0.4 is 5.32 Å². The zero-order valence-electron chi connectivity index (χ0n) is 7.67. The summed E-state index contributed by atoms with van der Waals surface area (Å²) in [5, 5.41) is 10.9. The maximum atomic E-state index is 13.3. The first kappa shape index (κ1) is 11.6. The van der Waals surface area contributed by atoms with Crippen LogP contribution in [0.25, 0.3) is 0 Å². The van der Waals surface area contributed by atoms with Gasteiger partial charge in [-0.1, -0.05) is 15.9 Å². The van der Waals surface area contributed by atoms with Crippen LogP contribution in [0.2, 0.25) is 0 Å². The Morgan fingerprint density at radius 2 is 2.07 bits per heavy atom. The summed E-state index contributed by atoms with van der Waals surface area (Å²) in [5.74, 6) is -2.63. The Morgan fingerprint density at radius 3 is 2.53 bits per heavy atom. The Labute approximate surface area is 93.2 Å². The van der Waals surface area contributed by atoms with Gasteiger partial charge in [0.25, 0.3) is 0 Å². The largest absolute Gasteiger partial charge is 0.478 e. The minimum Gasteiger partial charge on any atom is -0.478 e. The summed E-state index contributed by atoms with van der Waals surface area (Å²) in [4.78, 5) is 21.5. The summed E-state index contributed by atoms with van der Waals surface area (Å²) < 4.78 is 13.6. The van der Waals surface area contributed by atoms with Crippen molar-refractivity contribution in [1.29, 1.82) is 0 Å². The van der Waals surface area contributed by atoms with Gasteiger partial charge >= 0.3 is 5.97 Å². The van der Waals surface area contributed by atoms with Crippen LogP contribution >= 0.6 is 15.9 Å². The fourth-order valence-corrected chi connectivity index (χ4v) is 1.48. The van der Waals surface area contributed by atoms with E-state index in [-0.39, 0.29) is 11.3 Å². The van der Waals surface area contributed by atoms with Crippen molar-refractivity contribution < 1.29 is 19.1 Å². The highest BCUT2D eigenvalue weighted by atomic mass is 79.9. The molecule has 1 rings (SSSR count). The fraction of sp³-hybridized carbons (Fsp3) is 0.111. The van der Waals surface area contributed by atoms with Crippen LogP contribution in [0, 0.1) is 5.82 Å². The maximum absolute atomic E-state index is 13.3. The molecule has 0 bridgehead atoms. The van der Waals surface area contributed by atoms with Crippen molar-refractivity contribution in [2.75, 3.05) is 5.32 Å². The second-order valence-corrected chi connectivity index (χ2v) is 3.71. The first-order chi connectivity index (χ1) is 6.91. The molecular formula is C9H7BrFNO3. The number of rotatable bonds is 2. The van der Waals surface area contributed by atoms with Crippen LogP contribution in [0.5, 0.6) is 0 Å². The third-order valence-electron chi connectivity index (χ3n) is 1.59. The van der Waals surface area contributed by atoms with E-state index in [1.54, 1.807) is 0 Å². The van der Waals surface area contributed by atoms with E-state index in [0.717, 1.165) is 6.07 Å². The topological polar surface area (TPSA) is 66.4 Å². The summed E-state index contributed by atoms with van der Waals surface area (Å²) in [5.41, 5.74) is -0.615. The predicted octanol–water partition coefficient (Wildman–Crippen LogP) is 2.24. The van der Waals surface area contributed by atoms with E-state index >= 15 is 0 Å². The van der Waals surface area contributed by atoms with Gasteiger partial charge in [-0.15, -0.1) is 0 Å². The SMILES string of the molecule is CC(=O)Nc1c(F)cc(Br)cc1C(=O)O. The molecule has 15 heavy (non-hydrogen) atoms. The molecule has 1 amide bonds. The lowest BCUT2D eigenvalue weighted by molar-refractivity contribution is -0.114. The van der Waals surface area contributed by atoms with Crippen molar-refractivity contribution >= 4 is 33.5 Å². The quantitative estimate of drug-likeness (QED) is 0.870. The first-order valence-corrected chi connectivity index (χ1v) is 4.71. The van der Waals surface area contributed by atoms with Crippen molar-refractivity contribution in [3.05, 3.63) is 28.0 Å². The average Bonchev–Trinajstić information content (AvgIpc) is 2.08. The normalized spacial score (nSPS) is 9.80. The van der Waals surface area contributed by atoms with E-state index in [9.17, 15) is 14.0 Å². The second kappa shape index (κ2) is 4.39. The van der Waals surface area contributed by atoms with E-state index in [1.807, 2.05) is 0 Å². The third kappa shape index (κ3) is 2.76. The lowest BCUT2D eigenvalue weighted by atomic mass is 10.1. The van der Waals surface area contributed by atoms with Crippen LogP contribution in [-0.4, -0.2) is 17.0 Å². The fourth-order valence-electron chi connectivity index (χ4n) is 1.05. The van der Waals surface area contributed by atoms with Gasteiger partial charge in [-0.25, -0.2) is 9.18 Å². The molecule has 0 atom stereocenters. The molecule has 4 nitrogen and oxygen atoms in total. The number of carboxylic acids is 1. The number of carbonyl (C=O) groups excluding carboxylic acids is 1. The molecule has 0 radical (unpaired) electrons. The van der Waals surface area contributed by atoms with E-state index < -0.39 is 17.7 Å². The van der Waals surface area contributed by atoms with Crippen LogP contribution in [-0.2, 0) is 4.79 Å². The molecule has 0 aliphatic rings. The van der Waals surface area contributed by atoms with Crippen LogP contribution in [0.4, 0.5) is 10.1 Å². The Hall–Kier alpha value is -1.43. The Bertz CT molecular complexity index is 434. The van der Waals surface area contributed by atoms with E-state index in [4.69, 9.17) is 5.11 Å². The second-order valence-electron chi connectivity index (χ2n) is 2.80. The molecule has 1 aromatic carbocycles. The van der Waals surface area contributed by atoms with Gasteiger partial charge in [-0.05, 0) is 12.1 Å². The lowest BCUT2D eigenvalue weighted by Crippen LogP contribution is -2.12. The summed E-state index contributed by atoms with van der Waals surface area (Å²) in [7, 11) is 0. The maximum Gasteiger partial charge on any atom is 0.337 e. The van der Waals surface area contributed by atoms with Crippen LogP contribution in [0.1, 0.15) is 17.3 Å². The number of aromatic carboxylic acids is 1. The number of hydrogen-bond donors (Lipinski definition) is 2. The molecule has 0 aliphatic carbocycles. The summed E-state index contributed by atoms with van der Waals surface area (Å²) in [6.45, 7) is 1.17. The molecule has 6 heteroatoms. The van der Waals surface area contributed by atoms with Crippen molar-refractivity contribution in [3.63, 3.8) is 0 Å². The van der Waals surface area contributed by atoms with Gasteiger partial charge in [0.1, 0.15) is 5.82 Å². The Balaban J connectivity index is 3.33. The number of carbonyl (C=O) groups is 2. The van der Waals surface area contributed by atoms with Crippen molar-refractivity contribution in [1.82, 2.24) is 0 Å². The molecule has 0 aromatic heterocycles. The number of anilines is 1. The summed E-state index contributed by atoms with van der Waals surface area (Å²) in [6, 6.07) is 2.30. The number of amides is 1. The molecule has 0 unspecified atom stereocenters. The molecule has 2 N–H and O–H groups in total. The molecule has 1 aromatic rings. The van der Waals surface area contributed by atoms with E-state index in [0.29, 0.717) is 4.47 Å². The van der Waals surface area contributed by atoms with Gasteiger partial charge in [0, 0.05) is 11.4 Å². The van der Waals surface area contributed by atoms with Gasteiger partial charge in [0.15, 0.2) is 0 Å². The smallest absolute Gasteiger partial charge is 0.337 e. The zero-order chi connectivity index (χ0) is 11.6. The number of benzene rings is 1. The third-order valence-corrected chi connectivity index (χ3v) is 2.04. The standard InChI is InChI=1S/C9H7BrFNO3/c1-4(13)12-8-6(9(14)15)2-5(10)3-7(8)11/h2-3H,1H3,(H,12,13)(H,14,15). The molecule has 0 heterocycles. The Morgan fingerprint density at radius 1 is 1.47 bits per heavy atom. The van der Waals surface area contributed by atoms with E-state index in [1.165, 1.54) is 13.0 Å².